The highest BCUT2D eigenvalue weighted by molar-refractivity contribution is 7.98. The first-order valence-corrected chi connectivity index (χ1v) is 8.47. The fourth-order valence-electron chi connectivity index (χ4n) is 2.37. The van der Waals surface area contributed by atoms with Crippen LogP contribution in [0.4, 0.5) is 0 Å². The van der Waals surface area contributed by atoms with Crippen LogP contribution < -0.4 is 0 Å². The molecule has 0 fully saturated rings. The molecule has 0 aliphatic carbocycles. The Morgan fingerprint density at radius 3 is 2.62 bits per heavy atom. The molecule has 0 amide bonds. The molecule has 5 nitrogen and oxygen atoms in total. The third-order valence-electron chi connectivity index (χ3n) is 3.48. The Kier molecular flexibility index (Phi) is 4.12. The Bertz CT molecular complexity index is 905. The van der Waals surface area contributed by atoms with Gasteiger partial charge in [-0.2, -0.15) is 0 Å². The highest BCUT2D eigenvalue weighted by atomic mass is 32.2. The molecule has 118 valence electrons. The number of hydrogen-bond acceptors (Lipinski definition) is 5. The van der Waals surface area contributed by atoms with Crippen molar-refractivity contribution >= 4 is 11.8 Å². The van der Waals surface area contributed by atoms with Gasteiger partial charge < -0.3 is 4.42 Å². The van der Waals surface area contributed by atoms with E-state index < -0.39 is 0 Å². The van der Waals surface area contributed by atoms with Gasteiger partial charge in [0.15, 0.2) is 10.9 Å². The number of rotatable bonds is 5. The highest BCUT2D eigenvalue weighted by Crippen LogP contribution is 2.29. The third-order valence-corrected chi connectivity index (χ3v) is 4.48. The molecule has 3 heterocycles. The third kappa shape index (κ3) is 2.96. The molecule has 1 aromatic carbocycles. The molecule has 4 aromatic rings. The molecule has 0 aliphatic heterocycles. The molecule has 0 N–H and O–H groups in total. The van der Waals surface area contributed by atoms with Crippen molar-refractivity contribution in [3.63, 3.8) is 0 Å². The van der Waals surface area contributed by atoms with Crippen molar-refractivity contribution in [2.24, 2.45) is 0 Å². The summed E-state index contributed by atoms with van der Waals surface area (Å²) in [6.45, 7) is 0. The zero-order valence-electron chi connectivity index (χ0n) is 12.7. The van der Waals surface area contributed by atoms with Gasteiger partial charge >= 0.3 is 0 Å². The summed E-state index contributed by atoms with van der Waals surface area (Å²) in [5.41, 5.74) is 2.15. The van der Waals surface area contributed by atoms with Crippen LogP contribution in [0.3, 0.4) is 0 Å². The van der Waals surface area contributed by atoms with Crippen LogP contribution in [-0.2, 0) is 5.75 Å². The van der Waals surface area contributed by atoms with Crippen molar-refractivity contribution in [1.82, 2.24) is 19.7 Å². The standard InChI is InChI=1S/C18H14N4OS/c1-2-7-15(8-3-1)22-17(16-9-5-11-23-16)20-21-18(22)24-13-14-6-4-10-19-12-14/h1-12H,13H2. The molecule has 0 saturated heterocycles. The van der Waals surface area contributed by atoms with Crippen LogP contribution in [0.1, 0.15) is 5.56 Å². The number of benzene rings is 1. The normalized spacial score (nSPS) is 10.8. The highest BCUT2D eigenvalue weighted by Gasteiger charge is 2.17. The molecule has 0 atom stereocenters. The van der Waals surface area contributed by atoms with Crippen molar-refractivity contribution in [1.29, 1.82) is 0 Å². The van der Waals surface area contributed by atoms with Crippen LogP contribution in [0.5, 0.6) is 0 Å². The number of furan rings is 1. The molecule has 6 heteroatoms. The van der Waals surface area contributed by atoms with E-state index in [1.54, 1.807) is 24.2 Å². The van der Waals surface area contributed by atoms with Crippen molar-refractivity contribution in [3.8, 4) is 17.3 Å². The van der Waals surface area contributed by atoms with Gasteiger partial charge in [-0.05, 0) is 35.9 Å². The summed E-state index contributed by atoms with van der Waals surface area (Å²) in [5.74, 6) is 2.16. The van der Waals surface area contributed by atoms with E-state index in [9.17, 15) is 0 Å². The van der Waals surface area contributed by atoms with Gasteiger partial charge in [-0.1, -0.05) is 36.0 Å². The van der Waals surface area contributed by atoms with E-state index in [0.29, 0.717) is 11.6 Å². The second-order valence-electron chi connectivity index (χ2n) is 5.10. The summed E-state index contributed by atoms with van der Waals surface area (Å²) in [5, 5.41) is 9.51. The van der Waals surface area contributed by atoms with Gasteiger partial charge in [0.1, 0.15) is 0 Å². The maximum Gasteiger partial charge on any atom is 0.205 e. The Labute approximate surface area is 143 Å². The van der Waals surface area contributed by atoms with Gasteiger partial charge in [-0.15, -0.1) is 10.2 Å². The topological polar surface area (TPSA) is 56.7 Å². The second kappa shape index (κ2) is 6.72. The minimum atomic E-state index is 0.694. The molecule has 0 saturated carbocycles. The van der Waals surface area contributed by atoms with Gasteiger partial charge in [0.05, 0.1) is 6.26 Å². The van der Waals surface area contributed by atoms with Crippen LogP contribution >= 0.6 is 11.8 Å². The van der Waals surface area contributed by atoms with Crippen molar-refractivity contribution in [2.75, 3.05) is 0 Å². The molecule has 3 aromatic heterocycles. The first kappa shape index (κ1) is 14.7. The number of thioether (sulfide) groups is 1. The van der Waals surface area contributed by atoms with Crippen LogP contribution in [-0.4, -0.2) is 19.7 Å². The predicted molar refractivity (Wildman–Crippen MR) is 92.9 cm³/mol. The lowest BCUT2D eigenvalue weighted by Gasteiger charge is -2.08. The van der Waals surface area contributed by atoms with E-state index >= 15 is 0 Å². The Morgan fingerprint density at radius 2 is 1.88 bits per heavy atom. The van der Waals surface area contributed by atoms with E-state index in [4.69, 9.17) is 4.42 Å². The summed E-state index contributed by atoms with van der Waals surface area (Å²) in [6, 6.07) is 17.8. The molecular formula is C18H14N4OS. The first-order valence-electron chi connectivity index (χ1n) is 7.48. The fourth-order valence-corrected chi connectivity index (χ4v) is 3.26. The van der Waals surface area contributed by atoms with E-state index in [1.807, 2.05) is 59.3 Å². The van der Waals surface area contributed by atoms with Crippen LogP contribution in [0.25, 0.3) is 17.3 Å². The molecule has 0 aliphatic rings. The number of pyridine rings is 1. The van der Waals surface area contributed by atoms with Gasteiger partial charge in [-0.25, -0.2) is 0 Å². The van der Waals surface area contributed by atoms with E-state index in [2.05, 4.69) is 21.2 Å². The minimum absolute atomic E-state index is 0.694. The Hall–Kier alpha value is -2.86. The number of aromatic nitrogens is 4. The molecule has 4 rings (SSSR count). The smallest absolute Gasteiger partial charge is 0.205 e. The van der Waals surface area contributed by atoms with E-state index in [1.165, 1.54) is 0 Å². The van der Waals surface area contributed by atoms with Crippen molar-refractivity contribution in [3.05, 3.63) is 78.8 Å². The number of hydrogen-bond donors (Lipinski definition) is 0. The van der Waals surface area contributed by atoms with Crippen LogP contribution in [0.15, 0.2) is 82.8 Å². The second-order valence-corrected chi connectivity index (χ2v) is 6.05. The summed E-state index contributed by atoms with van der Waals surface area (Å²) in [6.07, 6.45) is 5.28. The average molecular weight is 334 g/mol. The van der Waals surface area contributed by atoms with Gasteiger partial charge in [-0.3, -0.25) is 9.55 Å². The average Bonchev–Trinajstić information content (AvgIpc) is 3.31. The van der Waals surface area contributed by atoms with Crippen LogP contribution in [0.2, 0.25) is 0 Å². The monoisotopic (exact) mass is 334 g/mol. The Balaban J connectivity index is 1.72. The quantitative estimate of drug-likeness (QED) is 0.512. The van der Waals surface area contributed by atoms with Gasteiger partial charge in [0, 0.05) is 23.8 Å². The summed E-state index contributed by atoms with van der Waals surface area (Å²) in [7, 11) is 0. The van der Waals surface area contributed by atoms with Crippen molar-refractivity contribution < 1.29 is 4.42 Å². The predicted octanol–water partition coefficient (Wildman–Crippen LogP) is 4.21. The summed E-state index contributed by atoms with van der Waals surface area (Å²) >= 11 is 1.62. The van der Waals surface area contributed by atoms with E-state index in [-0.39, 0.29) is 0 Å². The molecular weight excluding hydrogens is 320 g/mol. The lowest BCUT2D eigenvalue weighted by Crippen LogP contribution is -1.99. The molecule has 0 bridgehead atoms. The maximum absolute atomic E-state index is 5.52. The lowest BCUT2D eigenvalue weighted by molar-refractivity contribution is 0.575. The number of para-hydroxylation sites is 1. The first-order chi connectivity index (χ1) is 11.9. The lowest BCUT2D eigenvalue weighted by atomic mass is 10.3. The van der Waals surface area contributed by atoms with E-state index in [0.717, 1.165) is 22.2 Å². The molecule has 0 radical (unpaired) electrons. The minimum Gasteiger partial charge on any atom is -0.461 e. The fraction of sp³-hybridized carbons (Fsp3) is 0.0556. The molecule has 0 spiro atoms. The van der Waals surface area contributed by atoms with Gasteiger partial charge in [0.2, 0.25) is 5.82 Å². The SMILES string of the molecule is c1ccc(-n2c(SCc3cccnc3)nnc2-c2ccco2)cc1. The molecule has 24 heavy (non-hydrogen) atoms. The summed E-state index contributed by atoms with van der Waals surface area (Å²) < 4.78 is 7.53. The maximum atomic E-state index is 5.52. The van der Waals surface area contributed by atoms with Gasteiger partial charge in [0.25, 0.3) is 0 Å². The molecule has 0 unspecified atom stereocenters. The van der Waals surface area contributed by atoms with Crippen molar-refractivity contribution in [2.45, 2.75) is 10.9 Å². The largest absolute Gasteiger partial charge is 0.461 e. The summed E-state index contributed by atoms with van der Waals surface area (Å²) in [4.78, 5) is 4.15. The zero-order chi connectivity index (χ0) is 16.2. The Morgan fingerprint density at radius 1 is 0.958 bits per heavy atom. The zero-order valence-corrected chi connectivity index (χ0v) is 13.6. The number of nitrogens with zero attached hydrogens (tertiary/aromatic N) is 4. The van der Waals surface area contributed by atoms with Crippen LogP contribution in [0, 0.1) is 0 Å².